The molecule has 0 aliphatic heterocycles. The summed E-state index contributed by atoms with van der Waals surface area (Å²) in [7, 11) is 0. The van der Waals surface area contributed by atoms with Crippen LogP contribution in [0.25, 0.3) is 0 Å². The van der Waals surface area contributed by atoms with Crippen LogP contribution in [0.5, 0.6) is 0 Å². The van der Waals surface area contributed by atoms with Gasteiger partial charge in [-0.1, -0.05) is 48.3 Å². The summed E-state index contributed by atoms with van der Waals surface area (Å²) >= 11 is 2.40. The van der Waals surface area contributed by atoms with Crippen LogP contribution in [0.3, 0.4) is 0 Å². The van der Waals surface area contributed by atoms with Crippen molar-refractivity contribution in [2.75, 3.05) is 11.0 Å². The van der Waals surface area contributed by atoms with E-state index in [0.29, 0.717) is 5.92 Å². The molecule has 0 aromatic carbocycles. The molecule has 1 N–H and O–H groups in total. The first kappa shape index (κ1) is 14.3. The quantitative estimate of drug-likeness (QED) is 0.429. The molecule has 0 aromatic heterocycles. The van der Waals surface area contributed by atoms with Gasteiger partial charge in [0.15, 0.2) is 0 Å². The maximum Gasteiger partial charge on any atom is 0.220 e. The average Bonchev–Trinajstić information content (AvgIpc) is 2.30. The van der Waals surface area contributed by atoms with Gasteiger partial charge in [0.2, 0.25) is 5.91 Å². The minimum atomic E-state index is 0.279. The van der Waals surface area contributed by atoms with Gasteiger partial charge in [0, 0.05) is 13.0 Å². The number of carbonyl (C=O) groups excluding carboxylic acids is 1. The summed E-state index contributed by atoms with van der Waals surface area (Å²) < 4.78 is 1.23. The van der Waals surface area contributed by atoms with Gasteiger partial charge in [-0.2, -0.15) is 0 Å². The minimum Gasteiger partial charge on any atom is -0.356 e. The summed E-state index contributed by atoms with van der Waals surface area (Å²) in [4.78, 5) is 11.6. The molecule has 2 nitrogen and oxygen atoms in total. The molecular formula is C13H24INO. The van der Waals surface area contributed by atoms with Gasteiger partial charge in [-0.15, -0.1) is 0 Å². The number of halogens is 1. The Labute approximate surface area is 113 Å². The van der Waals surface area contributed by atoms with E-state index in [1.807, 2.05) is 0 Å². The lowest BCUT2D eigenvalue weighted by molar-refractivity contribution is -0.122. The molecule has 1 fully saturated rings. The van der Waals surface area contributed by atoms with Crippen molar-refractivity contribution >= 4 is 28.5 Å². The summed E-state index contributed by atoms with van der Waals surface area (Å²) in [6, 6.07) is 0. The molecule has 0 spiro atoms. The average molecular weight is 337 g/mol. The van der Waals surface area contributed by atoms with E-state index in [0.717, 1.165) is 19.4 Å². The van der Waals surface area contributed by atoms with Crippen molar-refractivity contribution in [1.29, 1.82) is 0 Å². The lowest BCUT2D eigenvalue weighted by atomic mass is 9.87. The fraction of sp³-hybridized carbons (Fsp3) is 0.923. The lowest BCUT2D eigenvalue weighted by Crippen LogP contribution is -2.27. The number of rotatable bonds is 7. The molecule has 1 amide bonds. The zero-order valence-electron chi connectivity index (χ0n) is 10.1. The predicted octanol–water partition coefficient (Wildman–Crippen LogP) is 3.68. The Morgan fingerprint density at radius 1 is 1.12 bits per heavy atom. The third-order valence-corrected chi connectivity index (χ3v) is 4.09. The highest BCUT2D eigenvalue weighted by Gasteiger charge is 2.16. The number of carbonyl (C=O) groups is 1. The van der Waals surface area contributed by atoms with E-state index in [9.17, 15) is 4.79 Å². The van der Waals surface area contributed by atoms with E-state index < -0.39 is 0 Å². The van der Waals surface area contributed by atoms with Crippen LogP contribution in [0, 0.1) is 5.92 Å². The van der Waals surface area contributed by atoms with Crippen molar-refractivity contribution in [3.63, 3.8) is 0 Å². The Morgan fingerprint density at radius 3 is 2.56 bits per heavy atom. The lowest BCUT2D eigenvalue weighted by Gasteiger charge is -2.20. The molecule has 0 heterocycles. The van der Waals surface area contributed by atoms with Gasteiger partial charge in [-0.05, 0) is 36.0 Å². The van der Waals surface area contributed by atoms with E-state index in [1.165, 1.54) is 49.4 Å². The first-order chi connectivity index (χ1) is 7.83. The molecular weight excluding hydrogens is 313 g/mol. The SMILES string of the molecule is O=C(CC1CCCCC1)NCCCCCI. The summed E-state index contributed by atoms with van der Waals surface area (Å²) in [5.41, 5.74) is 0. The molecule has 0 aromatic rings. The van der Waals surface area contributed by atoms with Crippen molar-refractivity contribution in [2.24, 2.45) is 5.92 Å². The molecule has 1 aliphatic rings. The number of hydrogen-bond donors (Lipinski definition) is 1. The van der Waals surface area contributed by atoms with Crippen molar-refractivity contribution in [3.05, 3.63) is 0 Å². The maximum atomic E-state index is 11.6. The summed E-state index contributed by atoms with van der Waals surface area (Å²) in [5, 5.41) is 3.05. The van der Waals surface area contributed by atoms with Gasteiger partial charge < -0.3 is 5.32 Å². The first-order valence-corrected chi connectivity index (χ1v) is 8.18. The van der Waals surface area contributed by atoms with E-state index in [1.54, 1.807) is 0 Å². The third kappa shape index (κ3) is 6.71. The molecule has 0 unspecified atom stereocenters. The number of nitrogens with one attached hydrogen (secondary N) is 1. The standard InChI is InChI=1S/C13H24INO/c14-9-5-2-6-10-15-13(16)11-12-7-3-1-4-8-12/h12H,1-11H2,(H,15,16). The number of alkyl halides is 1. The van der Waals surface area contributed by atoms with Gasteiger partial charge in [-0.3, -0.25) is 4.79 Å². The van der Waals surface area contributed by atoms with Crippen molar-refractivity contribution in [2.45, 2.75) is 57.8 Å². The normalized spacial score (nSPS) is 17.3. The third-order valence-electron chi connectivity index (χ3n) is 3.33. The zero-order chi connectivity index (χ0) is 11.6. The first-order valence-electron chi connectivity index (χ1n) is 6.65. The molecule has 94 valence electrons. The Kier molecular flexibility index (Phi) is 8.25. The number of hydrogen-bond acceptors (Lipinski definition) is 1. The highest BCUT2D eigenvalue weighted by Crippen LogP contribution is 2.25. The van der Waals surface area contributed by atoms with Crippen LogP contribution in [0.2, 0.25) is 0 Å². The van der Waals surface area contributed by atoms with E-state index in [-0.39, 0.29) is 5.91 Å². The molecule has 16 heavy (non-hydrogen) atoms. The Bertz CT molecular complexity index is 190. The molecule has 0 saturated heterocycles. The predicted molar refractivity (Wildman–Crippen MR) is 76.9 cm³/mol. The molecule has 3 heteroatoms. The monoisotopic (exact) mass is 337 g/mol. The maximum absolute atomic E-state index is 11.6. The topological polar surface area (TPSA) is 29.1 Å². The summed E-state index contributed by atoms with van der Waals surface area (Å²) in [6.07, 6.45) is 11.0. The Morgan fingerprint density at radius 2 is 1.88 bits per heavy atom. The molecule has 0 atom stereocenters. The van der Waals surface area contributed by atoms with Crippen LogP contribution < -0.4 is 5.32 Å². The fourth-order valence-electron chi connectivity index (χ4n) is 2.35. The number of unbranched alkanes of at least 4 members (excludes halogenated alkanes) is 2. The van der Waals surface area contributed by atoms with Gasteiger partial charge >= 0.3 is 0 Å². The summed E-state index contributed by atoms with van der Waals surface area (Å²) in [6.45, 7) is 0.877. The van der Waals surface area contributed by atoms with Gasteiger partial charge in [0.25, 0.3) is 0 Å². The van der Waals surface area contributed by atoms with E-state index in [4.69, 9.17) is 0 Å². The van der Waals surface area contributed by atoms with Crippen LogP contribution in [0.1, 0.15) is 57.8 Å². The second-order valence-electron chi connectivity index (χ2n) is 4.81. The summed E-state index contributed by atoms with van der Waals surface area (Å²) in [5.74, 6) is 0.949. The van der Waals surface area contributed by atoms with Crippen LogP contribution >= 0.6 is 22.6 Å². The van der Waals surface area contributed by atoms with Crippen LogP contribution in [0.15, 0.2) is 0 Å². The Hall–Kier alpha value is 0.200. The smallest absolute Gasteiger partial charge is 0.220 e. The van der Waals surface area contributed by atoms with E-state index in [2.05, 4.69) is 27.9 Å². The second kappa shape index (κ2) is 9.25. The largest absolute Gasteiger partial charge is 0.356 e. The highest BCUT2D eigenvalue weighted by atomic mass is 127. The van der Waals surface area contributed by atoms with Crippen molar-refractivity contribution < 1.29 is 4.79 Å². The molecule has 1 saturated carbocycles. The molecule has 0 bridgehead atoms. The van der Waals surface area contributed by atoms with Gasteiger partial charge in [0.1, 0.15) is 0 Å². The molecule has 1 rings (SSSR count). The fourth-order valence-corrected chi connectivity index (χ4v) is 2.89. The Balaban J connectivity index is 1.97. The number of amides is 1. The minimum absolute atomic E-state index is 0.279. The van der Waals surface area contributed by atoms with Crippen molar-refractivity contribution in [3.8, 4) is 0 Å². The van der Waals surface area contributed by atoms with Gasteiger partial charge in [-0.25, -0.2) is 0 Å². The van der Waals surface area contributed by atoms with Crippen LogP contribution in [0.4, 0.5) is 0 Å². The van der Waals surface area contributed by atoms with E-state index >= 15 is 0 Å². The second-order valence-corrected chi connectivity index (χ2v) is 5.89. The van der Waals surface area contributed by atoms with Crippen LogP contribution in [-0.2, 0) is 4.79 Å². The zero-order valence-corrected chi connectivity index (χ0v) is 12.3. The van der Waals surface area contributed by atoms with Crippen molar-refractivity contribution in [1.82, 2.24) is 5.32 Å². The highest BCUT2D eigenvalue weighted by molar-refractivity contribution is 14.1. The van der Waals surface area contributed by atoms with Gasteiger partial charge in [0.05, 0.1) is 0 Å². The molecule has 0 radical (unpaired) electrons. The van der Waals surface area contributed by atoms with Crippen LogP contribution in [-0.4, -0.2) is 16.9 Å². The molecule has 1 aliphatic carbocycles.